The molecule has 1 N–H and O–H groups in total. The smallest absolute Gasteiger partial charge is 0.126 e. The van der Waals surface area contributed by atoms with Gasteiger partial charge in [0.1, 0.15) is 5.82 Å². The van der Waals surface area contributed by atoms with Crippen LogP contribution in [0, 0.1) is 0 Å². The summed E-state index contributed by atoms with van der Waals surface area (Å²) < 4.78 is 5.07. The maximum atomic E-state index is 5.07. The molecule has 2 rings (SSSR count). The van der Waals surface area contributed by atoms with Crippen molar-refractivity contribution in [1.82, 2.24) is 9.88 Å². The third kappa shape index (κ3) is 3.98. The van der Waals surface area contributed by atoms with Crippen LogP contribution in [0.2, 0.25) is 0 Å². The second kappa shape index (κ2) is 6.57. The number of methoxy groups -OCH3 is 1. The predicted octanol–water partition coefficient (Wildman–Crippen LogP) is 1.60. The lowest BCUT2D eigenvalue weighted by atomic mass is 10.2. The van der Waals surface area contributed by atoms with Crippen LogP contribution in [-0.4, -0.2) is 49.3 Å². The maximum absolute atomic E-state index is 5.07. The minimum absolute atomic E-state index is 0.535. The third-order valence-corrected chi connectivity index (χ3v) is 3.11. The van der Waals surface area contributed by atoms with Crippen LogP contribution in [0.3, 0.4) is 0 Å². The average molecular weight is 235 g/mol. The van der Waals surface area contributed by atoms with Crippen molar-refractivity contribution in [2.75, 3.05) is 38.7 Å². The van der Waals surface area contributed by atoms with Crippen molar-refractivity contribution >= 4 is 5.82 Å². The highest BCUT2D eigenvalue weighted by molar-refractivity contribution is 5.34. The fraction of sp³-hybridized carbons (Fsp3) is 0.615. The molecule has 0 bridgehead atoms. The second-order valence-corrected chi connectivity index (χ2v) is 4.49. The molecule has 0 saturated carbocycles. The number of likely N-dealkylation sites (tertiary alicyclic amines) is 1. The van der Waals surface area contributed by atoms with Crippen LogP contribution in [0.25, 0.3) is 0 Å². The molecule has 1 aliphatic rings. The van der Waals surface area contributed by atoms with Crippen LogP contribution in [-0.2, 0) is 4.74 Å². The lowest BCUT2D eigenvalue weighted by Crippen LogP contribution is -2.27. The number of ether oxygens (including phenoxy) is 1. The number of aromatic nitrogens is 1. The monoisotopic (exact) mass is 235 g/mol. The number of nitrogens with zero attached hydrogens (tertiary/aromatic N) is 2. The molecular weight excluding hydrogens is 214 g/mol. The zero-order valence-corrected chi connectivity index (χ0v) is 10.4. The molecule has 0 amide bonds. The Morgan fingerprint density at radius 3 is 3.24 bits per heavy atom. The van der Waals surface area contributed by atoms with E-state index in [1.807, 2.05) is 24.4 Å². The molecule has 1 aromatic rings. The molecule has 1 fully saturated rings. The molecule has 4 nitrogen and oxygen atoms in total. The molecule has 0 radical (unpaired) electrons. The Kier molecular flexibility index (Phi) is 4.76. The number of nitrogens with one attached hydrogen (secondary N) is 1. The summed E-state index contributed by atoms with van der Waals surface area (Å²) >= 11 is 0. The maximum Gasteiger partial charge on any atom is 0.126 e. The van der Waals surface area contributed by atoms with Crippen molar-refractivity contribution in [1.29, 1.82) is 0 Å². The molecule has 1 unspecified atom stereocenters. The Morgan fingerprint density at radius 1 is 1.53 bits per heavy atom. The van der Waals surface area contributed by atoms with Crippen molar-refractivity contribution in [3.63, 3.8) is 0 Å². The fourth-order valence-electron chi connectivity index (χ4n) is 2.24. The topological polar surface area (TPSA) is 37.4 Å². The van der Waals surface area contributed by atoms with Gasteiger partial charge in [0.15, 0.2) is 0 Å². The molecule has 1 aromatic heterocycles. The van der Waals surface area contributed by atoms with Crippen LogP contribution in [0.15, 0.2) is 24.4 Å². The summed E-state index contributed by atoms with van der Waals surface area (Å²) in [5.74, 6) is 0.983. The van der Waals surface area contributed by atoms with Gasteiger partial charge in [0.2, 0.25) is 0 Å². The van der Waals surface area contributed by atoms with E-state index in [1.54, 1.807) is 7.11 Å². The average Bonchev–Trinajstić information content (AvgIpc) is 2.79. The molecular formula is C13H21N3O. The highest BCUT2D eigenvalue weighted by atomic mass is 16.5. The van der Waals surface area contributed by atoms with E-state index in [9.17, 15) is 0 Å². The summed E-state index contributed by atoms with van der Waals surface area (Å²) in [6.07, 6.45) is 4.14. The van der Waals surface area contributed by atoms with Crippen molar-refractivity contribution in [3.05, 3.63) is 24.4 Å². The summed E-state index contributed by atoms with van der Waals surface area (Å²) in [6.45, 7) is 4.28. The first-order valence-corrected chi connectivity index (χ1v) is 6.27. The Bertz CT molecular complexity index is 318. The Morgan fingerprint density at radius 2 is 2.47 bits per heavy atom. The van der Waals surface area contributed by atoms with Crippen molar-refractivity contribution < 1.29 is 4.74 Å². The Labute approximate surface area is 103 Å². The minimum Gasteiger partial charge on any atom is -0.385 e. The highest BCUT2D eigenvalue weighted by Gasteiger charge is 2.21. The van der Waals surface area contributed by atoms with Crippen molar-refractivity contribution in [2.24, 2.45) is 0 Å². The zero-order valence-electron chi connectivity index (χ0n) is 10.4. The standard InChI is InChI=1S/C13H21N3O/c1-17-10-4-8-16-9-6-12(11-16)15-13-5-2-3-7-14-13/h2-3,5,7,12H,4,6,8-11H2,1H3,(H,14,15). The van der Waals surface area contributed by atoms with Crippen molar-refractivity contribution in [2.45, 2.75) is 18.9 Å². The van der Waals surface area contributed by atoms with Crippen LogP contribution in [0.4, 0.5) is 5.82 Å². The van der Waals surface area contributed by atoms with Crippen LogP contribution in [0.1, 0.15) is 12.8 Å². The molecule has 4 heteroatoms. The highest BCUT2D eigenvalue weighted by Crippen LogP contribution is 2.14. The van der Waals surface area contributed by atoms with Gasteiger partial charge in [0, 0.05) is 45.6 Å². The van der Waals surface area contributed by atoms with E-state index in [4.69, 9.17) is 4.74 Å². The van der Waals surface area contributed by atoms with E-state index in [2.05, 4.69) is 15.2 Å². The predicted molar refractivity (Wildman–Crippen MR) is 69.2 cm³/mol. The van der Waals surface area contributed by atoms with Gasteiger partial charge in [-0.2, -0.15) is 0 Å². The van der Waals surface area contributed by atoms with Crippen molar-refractivity contribution in [3.8, 4) is 0 Å². The lowest BCUT2D eigenvalue weighted by Gasteiger charge is -2.16. The number of hydrogen-bond acceptors (Lipinski definition) is 4. The van der Waals surface area contributed by atoms with Gasteiger partial charge in [-0.15, -0.1) is 0 Å². The number of anilines is 1. The van der Waals surface area contributed by atoms with Gasteiger partial charge < -0.3 is 15.0 Å². The first kappa shape index (κ1) is 12.3. The van der Waals surface area contributed by atoms with Gasteiger partial charge in [0.25, 0.3) is 0 Å². The number of pyridine rings is 1. The number of rotatable bonds is 6. The van der Waals surface area contributed by atoms with Crippen LogP contribution < -0.4 is 5.32 Å². The molecule has 1 atom stereocenters. The Balaban J connectivity index is 1.71. The van der Waals surface area contributed by atoms with Gasteiger partial charge >= 0.3 is 0 Å². The molecule has 0 aliphatic carbocycles. The minimum atomic E-state index is 0.535. The fourth-order valence-corrected chi connectivity index (χ4v) is 2.24. The van der Waals surface area contributed by atoms with E-state index in [1.165, 1.54) is 13.0 Å². The zero-order chi connectivity index (χ0) is 11.9. The molecule has 1 saturated heterocycles. The molecule has 2 heterocycles. The summed E-state index contributed by atoms with van der Waals surface area (Å²) in [5.41, 5.74) is 0. The Hall–Kier alpha value is -1.13. The van der Waals surface area contributed by atoms with Gasteiger partial charge in [0.05, 0.1) is 0 Å². The SMILES string of the molecule is COCCCN1CCC(Nc2ccccn2)C1. The van der Waals surface area contributed by atoms with E-state index in [0.717, 1.165) is 31.9 Å². The van der Waals surface area contributed by atoms with Gasteiger partial charge in [-0.1, -0.05) is 6.07 Å². The first-order valence-electron chi connectivity index (χ1n) is 6.27. The first-order chi connectivity index (χ1) is 8.38. The molecule has 1 aliphatic heterocycles. The quantitative estimate of drug-likeness (QED) is 0.760. The van der Waals surface area contributed by atoms with Crippen LogP contribution in [0.5, 0.6) is 0 Å². The van der Waals surface area contributed by atoms with E-state index >= 15 is 0 Å². The van der Waals surface area contributed by atoms with Gasteiger partial charge in [-0.25, -0.2) is 4.98 Å². The lowest BCUT2D eigenvalue weighted by molar-refractivity contribution is 0.179. The van der Waals surface area contributed by atoms with Gasteiger partial charge in [-0.05, 0) is 25.0 Å². The largest absolute Gasteiger partial charge is 0.385 e. The van der Waals surface area contributed by atoms with Crippen LogP contribution >= 0.6 is 0 Å². The third-order valence-electron chi connectivity index (χ3n) is 3.11. The van der Waals surface area contributed by atoms with E-state index in [-0.39, 0.29) is 0 Å². The summed E-state index contributed by atoms with van der Waals surface area (Å²) in [7, 11) is 1.76. The number of hydrogen-bond donors (Lipinski definition) is 1. The van der Waals surface area contributed by atoms with E-state index < -0.39 is 0 Å². The summed E-state index contributed by atoms with van der Waals surface area (Å²) in [5, 5.41) is 3.48. The molecule has 17 heavy (non-hydrogen) atoms. The molecule has 0 spiro atoms. The summed E-state index contributed by atoms with van der Waals surface area (Å²) in [4.78, 5) is 6.78. The normalized spacial score (nSPS) is 20.6. The second-order valence-electron chi connectivity index (χ2n) is 4.49. The van der Waals surface area contributed by atoms with E-state index in [0.29, 0.717) is 6.04 Å². The summed E-state index contributed by atoms with van der Waals surface area (Å²) in [6, 6.07) is 6.51. The molecule has 0 aromatic carbocycles. The molecule has 94 valence electrons. The van der Waals surface area contributed by atoms with Gasteiger partial charge in [-0.3, -0.25) is 0 Å².